The zero-order chi connectivity index (χ0) is 23.4. The molecule has 2 saturated heterocycles. The van der Waals surface area contributed by atoms with Crippen LogP contribution in [-0.4, -0.2) is 64.7 Å². The fraction of sp³-hybridized carbons (Fsp3) is 0.435. The van der Waals surface area contributed by atoms with Crippen molar-refractivity contribution >= 4 is 15.9 Å². The van der Waals surface area contributed by atoms with Crippen LogP contribution in [0.4, 0.5) is 8.78 Å². The van der Waals surface area contributed by atoms with E-state index in [1.165, 1.54) is 18.2 Å². The zero-order valence-electron chi connectivity index (χ0n) is 17.9. The number of halogens is 2. The minimum absolute atomic E-state index is 0.0522. The van der Waals surface area contributed by atoms with Crippen LogP contribution in [0.5, 0.6) is 5.75 Å². The van der Waals surface area contributed by atoms with Gasteiger partial charge in [0.1, 0.15) is 10.6 Å². The number of nitrogens with zero attached hydrogens (tertiary/aromatic N) is 1. The molecule has 178 valence electrons. The molecule has 1 unspecified atom stereocenters. The molecule has 2 heterocycles. The average molecular weight is 482 g/mol. The smallest absolute Gasteiger partial charge is 0.339 e. The van der Waals surface area contributed by atoms with Crippen LogP contribution in [0, 0.1) is 17.6 Å². The molecule has 2 aliphatic heterocycles. The van der Waals surface area contributed by atoms with Crippen LogP contribution < -0.4 is 4.18 Å². The van der Waals surface area contributed by atoms with Crippen LogP contribution in [0.2, 0.25) is 0 Å². The Labute approximate surface area is 191 Å². The van der Waals surface area contributed by atoms with Crippen molar-refractivity contribution in [1.82, 2.24) is 4.90 Å². The van der Waals surface area contributed by atoms with Gasteiger partial charge < -0.3 is 18.6 Å². The molecule has 0 radical (unpaired) electrons. The average Bonchev–Trinajstić information content (AvgIpc) is 2.81. The fourth-order valence-electron chi connectivity index (χ4n) is 4.05. The van der Waals surface area contributed by atoms with Crippen molar-refractivity contribution < 1.29 is 35.6 Å². The highest BCUT2D eigenvalue weighted by Gasteiger charge is 2.28. The first-order valence-corrected chi connectivity index (χ1v) is 12.2. The Kier molecular flexibility index (Phi) is 7.38. The van der Waals surface area contributed by atoms with E-state index in [-0.39, 0.29) is 23.6 Å². The summed E-state index contributed by atoms with van der Waals surface area (Å²) in [6, 6.07) is 8.07. The lowest BCUT2D eigenvalue weighted by Crippen LogP contribution is -2.44. The highest BCUT2D eigenvalue weighted by atomic mass is 32.2. The van der Waals surface area contributed by atoms with Crippen molar-refractivity contribution in [3.8, 4) is 5.75 Å². The predicted molar refractivity (Wildman–Crippen MR) is 115 cm³/mol. The normalized spacial score (nSPS) is 20.5. The molecule has 4 rings (SSSR count). The third kappa shape index (κ3) is 5.94. The van der Waals surface area contributed by atoms with Gasteiger partial charge in [0.05, 0.1) is 25.9 Å². The van der Waals surface area contributed by atoms with Gasteiger partial charge in [0.25, 0.3) is 0 Å². The molecule has 2 aromatic rings. The molecule has 10 heteroatoms. The lowest BCUT2D eigenvalue weighted by Gasteiger charge is -2.34. The van der Waals surface area contributed by atoms with Crippen molar-refractivity contribution in [2.45, 2.75) is 23.8 Å². The Balaban J connectivity index is 1.37. The third-order valence-electron chi connectivity index (χ3n) is 5.81. The van der Waals surface area contributed by atoms with Gasteiger partial charge in [0.15, 0.2) is 17.4 Å². The number of piperidine rings is 1. The fourth-order valence-corrected chi connectivity index (χ4v) is 4.99. The number of ketones is 1. The quantitative estimate of drug-likeness (QED) is 0.444. The minimum Gasteiger partial charge on any atom is -0.379 e. The molecule has 7 nitrogen and oxygen atoms in total. The highest BCUT2D eigenvalue weighted by Crippen LogP contribution is 2.26. The van der Waals surface area contributed by atoms with E-state index >= 15 is 0 Å². The summed E-state index contributed by atoms with van der Waals surface area (Å²) >= 11 is 0. The molecule has 1 atom stereocenters. The van der Waals surface area contributed by atoms with E-state index < -0.39 is 26.6 Å². The number of benzene rings is 2. The summed E-state index contributed by atoms with van der Waals surface area (Å²) in [6.45, 7) is 4.10. The standard InChI is InChI=1S/C23H25F2NO6S/c24-21-5-4-20(13-22(21)25)33(28,29)32-18-3-1-2-17(12-18)23(27)16-6-8-26(9-7-16)14-19-15-30-10-11-31-19/h1-5,12-13,16,19H,6-11,14-15H2. The van der Waals surface area contributed by atoms with Crippen LogP contribution in [0.3, 0.4) is 0 Å². The Hall–Kier alpha value is -2.40. The first-order chi connectivity index (χ1) is 15.8. The first kappa shape index (κ1) is 23.7. The monoisotopic (exact) mass is 481 g/mol. The summed E-state index contributed by atoms with van der Waals surface area (Å²) in [5.74, 6) is -2.78. The van der Waals surface area contributed by atoms with Gasteiger partial charge in [-0.15, -0.1) is 0 Å². The van der Waals surface area contributed by atoms with Crippen LogP contribution in [0.15, 0.2) is 47.4 Å². The van der Waals surface area contributed by atoms with E-state index in [0.29, 0.717) is 50.4 Å². The number of rotatable bonds is 7. The summed E-state index contributed by atoms with van der Waals surface area (Å²) in [5.41, 5.74) is 0.343. The second kappa shape index (κ2) is 10.3. The zero-order valence-corrected chi connectivity index (χ0v) is 18.7. The maximum absolute atomic E-state index is 13.4. The molecule has 0 amide bonds. The molecule has 0 N–H and O–H groups in total. The summed E-state index contributed by atoms with van der Waals surface area (Å²) < 4.78 is 67.6. The number of ether oxygens (including phenoxy) is 2. The number of carbonyl (C=O) groups is 1. The Morgan fingerprint density at radius 3 is 2.55 bits per heavy atom. The van der Waals surface area contributed by atoms with Crippen molar-refractivity contribution in [2.75, 3.05) is 39.5 Å². The molecule has 2 aromatic carbocycles. The van der Waals surface area contributed by atoms with Gasteiger partial charge in [-0.3, -0.25) is 4.79 Å². The van der Waals surface area contributed by atoms with Crippen molar-refractivity contribution in [1.29, 1.82) is 0 Å². The van der Waals surface area contributed by atoms with Crippen molar-refractivity contribution in [3.05, 3.63) is 59.7 Å². The summed E-state index contributed by atoms with van der Waals surface area (Å²) in [7, 11) is -4.39. The Morgan fingerprint density at radius 1 is 1.06 bits per heavy atom. The molecule has 2 aliphatic rings. The lowest BCUT2D eigenvalue weighted by molar-refractivity contribution is -0.0990. The summed E-state index contributed by atoms with van der Waals surface area (Å²) in [5, 5.41) is 0. The lowest BCUT2D eigenvalue weighted by atomic mass is 9.88. The molecule has 0 aliphatic carbocycles. The maximum Gasteiger partial charge on any atom is 0.339 e. The molecule has 33 heavy (non-hydrogen) atoms. The molecule has 2 fully saturated rings. The van der Waals surface area contributed by atoms with Crippen LogP contribution in [0.25, 0.3) is 0 Å². The van der Waals surface area contributed by atoms with Gasteiger partial charge in [-0.2, -0.15) is 8.42 Å². The van der Waals surface area contributed by atoms with Crippen LogP contribution >= 0.6 is 0 Å². The topological polar surface area (TPSA) is 82.1 Å². The first-order valence-electron chi connectivity index (χ1n) is 10.8. The predicted octanol–water partition coefficient (Wildman–Crippen LogP) is 3.04. The number of likely N-dealkylation sites (tertiary alicyclic amines) is 1. The molecule has 0 spiro atoms. The van der Waals surface area contributed by atoms with E-state index in [2.05, 4.69) is 4.90 Å². The van der Waals surface area contributed by atoms with E-state index in [1.807, 2.05) is 0 Å². The van der Waals surface area contributed by atoms with Crippen molar-refractivity contribution in [3.63, 3.8) is 0 Å². The number of hydrogen-bond donors (Lipinski definition) is 0. The highest BCUT2D eigenvalue weighted by molar-refractivity contribution is 7.87. The van der Waals surface area contributed by atoms with Gasteiger partial charge in [0.2, 0.25) is 0 Å². The third-order valence-corrected chi connectivity index (χ3v) is 7.05. The number of Topliss-reactive ketones (excluding diaryl/α,β-unsaturated/α-hetero) is 1. The minimum atomic E-state index is -4.39. The van der Waals surface area contributed by atoms with E-state index in [0.717, 1.165) is 25.7 Å². The second-order valence-electron chi connectivity index (χ2n) is 8.15. The van der Waals surface area contributed by atoms with Gasteiger partial charge in [-0.05, 0) is 56.3 Å². The Morgan fingerprint density at radius 2 is 1.85 bits per heavy atom. The van der Waals surface area contributed by atoms with Crippen LogP contribution in [-0.2, 0) is 19.6 Å². The van der Waals surface area contributed by atoms with Crippen LogP contribution in [0.1, 0.15) is 23.2 Å². The van der Waals surface area contributed by atoms with E-state index in [9.17, 15) is 22.0 Å². The van der Waals surface area contributed by atoms with Gasteiger partial charge >= 0.3 is 10.1 Å². The van der Waals surface area contributed by atoms with E-state index in [1.54, 1.807) is 6.07 Å². The molecule has 0 aromatic heterocycles. The number of hydrogen-bond acceptors (Lipinski definition) is 7. The van der Waals surface area contributed by atoms with Gasteiger partial charge in [0, 0.05) is 18.0 Å². The van der Waals surface area contributed by atoms with Gasteiger partial charge in [-0.1, -0.05) is 12.1 Å². The van der Waals surface area contributed by atoms with E-state index in [4.69, 9.17) is 13.7 Å². The molecule has 0 bridgehead atoms. The molecular formula is C23H25F2NO6S. The Bertz CT molecular complexity index is 1100. The summed E-state index contributed by atoms with van der Waals surface area (Å²) in [6.07, 6.45) is 1.42. The summed E-state index contributed by atoms with van der Waals surface area (Å²) in [4.78, 5) is 14.8. The largest absolute Gasteiger partial charge is 0.379 e. The SMILES string of the molecule is O=C(c1cccc(OS(=O)(=O)c2ccc(F)c(F)c2)c1)C1CCN(CC2COCCO2)CC1. The molecule has 0 saturated carbocycles. The molecular weight excluding hydrogens is 456 g/mol. The van der Waals surface area contributed by atoms with Crippen molar-refractivity contribution in [2.24, 2.45) is 5.92 Å². The maximum atomic E-state index is 13.4. The van der Waals surface area contributed by atoms with Gasteiger partial charge in [-0.25, -0.2) is 8.78 Å². The number of carbonyl (C=O) groups excluding carboxylic acids is 1. The second-order valence-corrected chi connectivity index (χ2v) is 9.69.